The van der Waals surface area contributed by atoms with Gasteiger partial charge in [-0.15, -0.1) is 0 Å². The zero-order chi connectivity index (χ0) is 8.97. The van der Waals surface area contributed by atoms with Crippen molar-refractivity contribution >= 4 is 5.91 Å². The predicted octanol–water partition coefficient (Wildman–Crippen LogP) is -0.811. The van der Waals surface area contributed by atoms with Gasteiger partial charge in [0.05, 0.1) is 19.2 Å². The summed E-state index contributed by atoms with van der Waals surface area (Å²) in [7, 11) is 1.75. The SMILES string of the molecule is CNCC(=O)N1CCC[C@H]1CO. The lowest BCUT2D eigenvalue weighted by atomic mass is 10.2. The zero-order valence-corrected chi connectivity index (χ0v) is 7.42. The number of likely N-dealkylation sites (N-methyl/N-ethyl adjacent to an activating group) is 1. The van der Waals surface area contributed by atoms with Crippen LogP contribution in [-0.2, 0) is 4.79 Å². The van der Waals surface area contributed by atoms with Gasteiger partial charge in [-0.05, 0) is 19.9 Å². The number of carbonyl (C=O) groups is 1. The van der Waals surface area contributed by atoms with Crippen LogP contribution in [0.4, 0.5) is 0 Å². The highest BCUT2D eigenvalue weighted by Gasteiger charge is 2.26. The summed E-state index contributed by atoms with van der Waals surface area (Å²) < 4.78 is 0. The highest BCUT2D eigenvalue weighted by atomic mass is 16.3. The summed E-state index contributed by atoms with van der Waals surface area (Å²) >= 11 is 0. The molecule has 1 amide bonds. The van der Waals surface area contributed by atoms with Crippen LogP contribution in [0.15, 0.2) is 0 Å². The van der Waals surface area contributed by atoms with Gasteiger partial charge in [0, 0.05) is 6.54 Å². The van der Waals surface area contributed by atoms with Crippen LogP contribution in [0.5, 0.6) is 0 Å². The Hall–Kier alpha value is -0.610. The maximum atomic E-state index is 11.4. The van der Waals surface area contributed by atoms with E-state index in [1.165, 1.54) is 0 Å². The van der Waals surface area contributed by atoms with E-state index >= 15 is 0 Å². The van der Waals surface area contributed by atoms with Crippen molar-refractivity contribution in [1.29, 1.82) is 0 Å². The van der Waals surface area contributed by atoms with Crippen molar-refractivity contribution in [2.24, 2.45) is 0 Å². The Balaban J connectivity index is 2.43. The van der Waals surface area contributed by atoms with E-state index in [0.29, 0.717) is 6.54 Å². The van der Waals surface area contributed by atoms with E-state index in [4.69, 9.17) is 5.11 Å². The summed E-state index contributed by atoms with van der Waals surface area (Å²) in [6.07, 6.45) is 1.95. The van der Waals surface area contributed by atoms with E-state index < -0.39 is 0 Å². The lowest BCUT2D eigenvalue weighted by molar-refractivity contribution is -0.131. The highest BCUT2D eigenvalue weighted by Crippen LogP contribution is 2.15. The fourth-order valence-electron chi connectivity index (χ4n) is 1.61. The number of hydrogen-bond acceptors (Lipinski definition) is 3. The molecule has 1 rings (SSSR count). The summed E-state index contributed by atoms with van der Waals surface area (Å²) in [6.45, 7) is 1.26. The summed E-state index contributed by atoms with van der Waals surface area (Å²) in [6, 6.07) is 0.0610. The minimum atomic E-state index is 0.0610. The summed E-state index contributed by atoms with van der Waals surface area (Å²) in [4.78, 5) is 13.1. The van der Waals surface area contributed by atoms with E-state index in [2.05, 4.69) is 5.32 Å². The predicted molar refractivity (Wildman–Crippen MR) is 45.7 cm³/mol. The van der Waals surface area contributed by atoms with Crippen molar-refractivity contribution in [3.05, 3.63) is 0 Å². The number of likely N-dealkylation sites (tertiary alicyclic amines) is 1. The van der Waals surface area contributed by atoms with E-state index in [0.717, 1.165) is 19.4 Å². The van der Waals surface area contributed by atoms with E-state index in [1.807, 2.05) is 0 Å². The van der Waals surface area contributed by atoms with Crippen molar-refractivity contribution in [2.45, 2.75) is 18.9 Å². The number of nitrogens with zero attached hydrogens (tertiary/aromatic N) is 1. The van der Waals surface area contributed by atoms with Crippen molar-refractivity contribution in [3.63, 3.8) is 0 Å². The molecule has 70 valence electrons. The maximum Gasteiger partial charge on any atom is 0.236 e. The van der Waals surface area contributed by atoms with Gasteiger partial charge in [-0.1, -0.05) is 0 Å². The van der Waals surface area contributed by atoms with Crippen LogP contribution >= 0.6 is 0 Å². The normalized spacial score (nSPS) is 23.2. The topological polar surface area (TPSA) is 52.6 Å². The molecule has 2 N–H and O–H groups in total. The Morgan fingerprint density at radius 3 is 3.08 bits per heavy atom. The first-order valence-corrected chi connectivity index (χ1v) is 4.34. The standard InChI is InChI=1S/C8H16N2O2/c1-9-5-8(12)10-4-2-3-7(10)6-11/h7,9,11H,2-6H2,1H3/t7-/m0/s1. The second-order valence-electron chi connectivity index (χ2n) is 3.10. The van der Waals surface area contributed by atoms with Crippen LogP contribution in [0.1, 0.15) is 12.8 Å². The molecule has 1 aliphatic rings. The molecule has 1 aliphatic heterocycles. The van der Waals surface area contributed by atoms with Crippen LogP contribution in [0.3, 0.4) is 0 Å². The van der Waals surface area contributed by atoms with Crippen LogP contribution in [-0.4, -0.2) is 48.7 Å². The number of nitrogens with one attached hydrogen (secondary N) is 1. The van der Waals surface area contributed by atoms with E-state index in [-0.39, 0.29) is 18.6 Å². The summed E-state index contributed by atoms with van der Waals surface area (Å²) in [5, 5.41) is 11.8. The molecule has 0 radical (unpaired) electrons. The lowest BCUT2D eigenvalue weighted by Gasteiger charge is -2.22. The van der Waals surface area contributed by atoms with E-state index in [1.54, 1.807) is 11.9 Å². The van der Waals surface area contributed by atoms with Gasteiger partial charge in [0.2, 0.25) is 5.91 Å². The number of aliphatic hydroxyl groups excluding tert-OH is 1. The van der Waals surface area contributed by atoms with Crippen molar-refractivity contribution in [2.75, 3.05) is 26.7 Å². The Labute approximate surface area is 72.6 Å². The molecular weight excluding hydrogens is 156 g/mol. The number of rotatable bonds is 3. The quantitative estimate of drug-likeness (QED) is 0.585. The number of hydrogen-bond donors (Lipinski definition) is 2. The Morgan fingerprint density at radius 2 is 2.50 bits per heavy atom. The van der Waals surface area contributed by atoms with Crippen molar-refractivity contribution in [1.82, 2.24) is 10.2 Å². The first kappa shape index (κ1) is 9.48. The second kappa shape index (κ2) is 4.42. The van der Waals surface area contributed by atoms with Gasteiger partial charge in [0.1, 0.15) is 0 Å². The van der Waals surface area contributed by atoms with Gasteiger partial charge >= 0.3 is 0 Å². The van der Waals surface area contributed by atoms with Crippen LogP contribution in [0.2, 0.25) is 0 Å². The fraction of sp³-hybridized carbons (Fsp3) is 0.875. The molecule has 0 aromatic carbocycles. The first-order valence-electron chi connectivity index (χ1n) is 4.34. The molecule has 1 saturated heterocycles. The molecule has 0 spiro atoms. The largest absolute Gasteiger partial charge is 0.394 e. The molecule has 4 heteroatoms. The molecule has 1 heterocycles. The molecular formula is C8H16N2O2. The van der Waals surface area contributed by atoms with Gasteiger partial charge in [-0.25, -0.2) is 0 Å². The number of carbonyl (C=O) groups excluding carboxylic acids is 1. The Kier molecular flexibility index (Phi) is 3.49. The average Bonchev–Trinajstić information content (AvgIpc) is 2.51. The third kappa shape index (κ3) is 1.95. The number of amides is 1. The van der Waals surface area contributed by atoms with Crippen molar-refractivity contribution in [3.8, 4) is 0 Å². The zero-order valence-electron chi connectivity index (χ0n) is 7.42. The maximum absolute atomic E-state index is 11.4. The molecule has 1 fully saturated rings. The Bertz CT molecular complexity index is 161. The van der Waals surface area contributed by atoms with Gasteiger partial charge in [-0.3, -0.25) is 4.79 Å². The molecule has 0 aromatic rings. The lowest BCUT2D eigenvalue weighted by Crippen LogP contribution is -2.41. The Morgan fingerprint density at radius 1 is 1.75 bits per heavy atom. The van der Waals surface area contributed by atoms with Crippen LogP contribution in [0.25, 0.3) is 0 Å². The molecule has 4 nitrogen and oxygen atoms in total. The van der Waals surface area contributed by atoms with Crippen molar-refractivity contribution < 1.29 is 9.90 Å². The molecule has 0 unspecified atom stereocenters. The minimum absolute atomic E-state index is 0.0610. The number of aliphatic hydroxyl groups is 1. The minimum Gasteiger partial charge on any atom is -0.394 e. The first-order chi connectivity index (χ1) is 5.79. The molecule has 0 bridgehead atoms. The molecule has 12 heavy (non-hydrogen) atoms. The fourth-order valence-corrected chi connectivity index (χ4v) is 1.61. The molecule has 1 atom stereocenters. The molecule has 0 aliphatic carbocycles. The highest BCUT2D eigenvalue weighted by molar-refractivity contribution is 5.78. The summed E-state index contributed by atoms with van der Waals surface area (Å²) in [5.41, 5.74) is 0. The monoisotopic (exact) mass is 172 g/mol. The van der Waals surface area contributed by atoms with Gasteiger partial charge in [0.25, 0.3) is 0 Å². The molecule has 0 saturated carbocycles. The molecule has 0 aromatic heterocycles. The van der Waals surface area contributed by atoms with Gasteiger partial charge in [0.15, 0.2) is 0 Å². The third-order valence-corrected chi connectivity index (χ3v) is 2.24. The van der Waals surface area contributed by atoms with E-state index in [9.17, 15) is 4.79 Å². The third-order valence-electron chi connectivity index (χ3n) is 2.24. The van der Waals surface area contributed by atoms with Crippen LogP contribution < -0.4 is 5.32 Å². The summed E-state index contributed by atoms with van der Waals surface area (Å²) in [5.74, 6) is 0.0917. The van der Waals surface area contributed by atoms with Gasteiger partial charge < -0.3 is 15.3 Å². The van der Waals surface area contributed by atoms with Gasteiger partial charge in [-0.2, -0.15) is 0 Å². The van der Waals surface area contributed by atoms with Crippen LogP contribution in [0, 0.1) is 0 Å². The smallest absolute Gasteiger partial charge is 0.236 e. The second-order valence-corrected chi connectivity index (χ2v) is 3.10. The average molecular weight is 172 g/mol.